The van der Waals surface area contributed by atoms with Crippen LogP contribution < -0.4 is 10.1 Å². The van der Waals surface area contributed by atoms with E-state index in [9.17, 15) is 20.2 Å². The SMILES string of the molecule is CC(C)(C)c1ccc(Oc2ccc(/C=C(/C#N)C(=O)Nc3cccc(Cl)c3)cc2[N+](=O)[O-])cc1. The number of nitrogens with one attached hydrogen (secondary N) is 1. The Bertz CT molecular complexity index is 1300. The number of hydrogen-bond acceptors (Lipinski definition) is 5. The minimum atomic E-state index is -0.660. The van der Waals surface area contributed by atoms with Crippen LogP contribution in [0.1, 0.15) is 31.9 Å². The summed E-state index contributed by atoms with van der Waals surface area (Å²) in [6, 6.07) is 19.9. The molecule has 0 unspecified atom stereocenters. The second-order valence-electron chi connectivity index (χ2n) is 8.49. The van der Waals surface area contributed by atoms with Crippen molar-refractivity contribution in [3.63, 3.8) is 0 Å². The highest BCUT2D eigenvalue weighted by molar-refractivity contribution is 6.31. The zero-order valence-corrected chi connectivity index (χ0v) is 19.6. The van der Waals surface area contributed by atoms with Crippen molar-refractivity contribution in [2.45, 2.75) is 26.2 Å². The number of carbonyl (C=O) groups excluding carboxylic acids is 1. The van der Waals surface area contributed by atoms with Gasteiger partial charge < -0.3 is 10.1 Å². The fourth-order valence-electron chi connectivity index (χ4n) is 3.08. The molecule has 1 amide bonds. The van der Waals surface area contributed by atoms with Crippen LogP contribution in [0.25, 0.3) is 6.08 Å². The van der Waals surface area contributed by atoms with E-state index in [0.29, 0.717) is 22.0 Å². The molecule has 3 aromatic carbocycles. The summed E-state index contributed by atoms with van der Waals surface area (Å²) < 4.78 is 5.74. The highest BCUT2D eigenvalue weighted by atomic mass is 35.5. The van der Waals surface area contributed by atoms with E-state index in [-0.39, 0.29) is 22.4 Å². The fourth-order valence-corrected chi connectivity index (χ4v) is 3.27. The molecule has 0 bridgehead atoms. The monoisotopic (exact) mass is 475 g/mol. The van der Waals surface area contributed by atoms with E-state index in [1.54, 1.807) is 36.4 Å². The molecule has 0 heterocycles. The zero-order chi connectivity index (χ0) is 24.9. The molecule has 7 nitrogen and oxygen atoms in total. The summed E-state index contributed by atoms with van der Waals surface area (Å²) in [5.41, 5.74) is 1.29. The number of benzene rings is 3. The van der Waals surface area contributed by atoms with Crippen LogP contribution in [0.5, 0.6) is 11.5 Å². The van der Waals surface area contributed by atoms with E-state index in [2.05, 4.69) is 26.1 Å². The van der Waals surface area contributed by atoms with Crippen molar-refractivity contribution in [3.05, 3.63) is 98.6 Å². The molecular weight excluding hydrogens is 454 g/mol. The second kappa shape index (κ2) is 10.2. The van der Waals surface area contributed by atoms with E-state index >= 15 is 0 Å². The number of nitrogens with zero attached hydrogens (tertiary/aromatic N) is 2. The molecule has 8 heteroatoms. The maximum atomic E-state index is 12.5. The lowest BCUT2D eigenvalue weighted by atomic mass is 9.87. The average molecular weight is 476 g/mol. The van der Waals surface area contributed by atoms with Crippen LogP contribution in [-0.2, 0) is 10.2 Å². The van der Waals surface area contributed by atoms with E-state index in [4.69, 9.17) is 16.3 Å². The summed E-state index contributed by atoms with van der Waals surface area (Å²) >= 11 is 5.91. The van der Waals surface area contributed by atoms with Crippen LogP contribution in [0.15, 0.2) is 72.3 Å². The molecule has 0 atom stereocenters. The minimum Gasteiger partial charge on any atom is -0.450 e. The molecule has 3 rings (SSSR count). The summed E-state index contributed by atoms with van der Waals surface area (Å²) in [6.45, 7) is 6.26. The van der Waals surface area contributed by atoms with Crippen LogP contribution in [0.3, 0.4) is 0 Å². The number of amides is 1. The van der Waals surface area contributed by atoms with E-state index in [1.165, 1.54) is 24.3 Å². The molecule has 0 aromatic heterocycles. The van der Waals surface area contributed by atoms with Gasteiger partial charge in [0.05, 0.1) is 4.92 Å². The number of halogens is 1. The lowest BCUT2D eigenvalue weighted by Gasteiger charge is -2.19. The largest absolute Gasteiger partial charge is 0.450 e. The molecule has 1 N–H and O–H groups in total. The first kappa shape index (κ1) is 24.5. The fraction of sp³-hybridized carbons (Fsp3) is 0.154. The topological polar surface area (TPSA) is 105 Å². The van der Waals surface area contributed by atoms with E-state index in [1.807, 2.05) is 18.2 Å². The van der Waals surface area contributed by atoms with Gasteiger partial charge in [-0.15, -0.1) is 0 Å². The van der Waals surface area contributed by atoms with E-state index in [0.717, 1.165) is 5.56 Å². The first-order chi connectivity index (χ1) is 16.1. The predicted octanol–water partition coefficient (Wildman–Crippen LogP) is 6.88. The third-order valence-corrected chi connectivity index (χ3v) is 5.12. The van der Waals surface area contributed by atoms with Gasteiger partial charge in [-0.25, -0.2) is 0 Å². The smallest absolute Gasteiger partial charge is 0.312 e. The Hall–Kier alpha value is -4.15. The lowest BCUT2D eigenvalue weighted by Crippen LogP contribution is -2.13. The Kier molecular flexibility index (Phi) is 7.34. The number of ether oxygens (including phenoxy) is 1. The van der Waals surface area contributed by atoms with Gasteiger partial charge in [0.2, 0.25) is 5.75 Å². The Balaban J connectivity index is 1.85. The van der Waals surface area contributed by atoms with Crippen molar-refractivity contribution in [3.8, 4) is 17.6 Å². The number of anilines is 1. The van der Waals surface area contributed by atoms with Gasteiger partial charge in [0.15, 0.2) is 0 Å². The molecule has 0 saturated carbocycles. The van der Waals surface area contributed by atoms with Crippen LogP contribution >= 0.6 is 11.6 Å². The second-order valence-corrected chi connectivity index (χ2v) is 8.93. The molecule has 0 radical (unpaired) electrons. The Morgan fingerprint density at radius 1 is 1.12 bits per heavy atom. The third-order valence-electron chi connectivity index (χ3n) is 4.89. The number of hydrogen-bond donors (Lipinski definition) is 1. The maximum absolute atomic E-state index is 12.5. The number of nitriles is 1. The summed E-state index contributed by atoms with van der Waals surface area (Å²) in [6.07, 6.45) is 1.27. The van der Waals surface area contributed by atoms with Crippen LogP contribution in [-0.4, -0.2) is 10.8 Å². The molecule has 0 fully saturated rings. The number of nitro groups is 1. The van der Waals surface area contributed by atoms with Gasteiger partial charge in [0.25, 0.3) is 5.91 Å². The maximum Gasteiger partial charge on any atom is 0.312 e. The molecule has 0 saturated heterocycles. The zero-order valence-electron chi connectivity index (χ0n) is 18.8. The first-order valence-electron chi connectivity index (χ1n) is 10.3. The molecule has 0 spiro atoms. The van der Waals surface area contributed by atoms with Crippen molar-refractivity contribution < 1.29 is 14.5 Å². The van der Waals surface area contributed by atoms with Crippen LogP contribution in [0.2, 0.25) is 5.02 Å². The van der Waals surface area contributed by atoms with Gasteiger partial charge in [-0.05, 0) is 59.0 Å². The van der Waals surface area contributed by atoms with Gasteiger partial charge in [0.1, 0.15) is 17.4 Å². The minimum absolute atomic E-state index is 0.0317. The molecule has 0 aliphatic heterocycles. The van der Waals surface area contributed by atoms with E-state index < -0.39 is 10.8 Å². The molecule has 3 aromatic rings. The Labute approximate surface area is 202 Å². The standard InChI is InChI=1S/C26H22ClN3O4/c1-26(2,3)19-8-10-22(11-9-19)34-24-12-7-17(14-23(24)30(32)33)13-18(16-28)25(31)29-21-6-4-5-20(27)15-21/h4-15H,1-3H3,(H,29,31)/b18-13-. The Morgan fingerprint density at radius 2 is 1.82 bits per heavy atom. The highest BCUT2D eigenvalue weighted by Gasteiger charge is 2.19. The third kappa shape index (κ3) is 6.21. The van der Waals surface area contributed by atoms with Gasteiger partial charge in [-0.1, -0.05) is 56.6 Å². The first-order valence-corrected chi connectivity index (χ1v) is 10.7. The average Bonchev–Trinajstić information content (AvgIpc) is 2.77. The molecule has 0 aliphatic rings. The molecule has 34 heavy (non-hydrogen) atoms. The highest BCUT2D eigenvalue weighted by Crippen LogP contribution is 2.34. The van der Waals surface area contributed by atoms with Gasteiger partial charge in [0, 0.05) is 16.8 Å². The van der Waals surface area contributed by atoms with Gasteiger partial charge >= 0.3 is 5.69 Å². The van der Waals surface area contributed by atoms with Crippen molar-refractivity contribution >= 4 is 35.0 Å². The quantitative estimate of drug-likeness (QED) is 0.181. The Morgan fingerprint density at radius 3 is 2.41 bits per heavy atom. The molecule has 0 aliphatic carbocycles. The summed E-state index contributed by atoms with van der Waals surface area (Å²) in [5, 5.41) is 24.1. The van der Waals surface area contributed by atoms with Gasteiger partial charge in [-0.2, -0.15) is 5.26 Å². The lowest BCUT2D eigenvalue weighted by molar-refractivity contribution is -0.385. The number of nitro benzene ring substituents is 1. The molecular formula is C26H22ClN3O4. The number of rotatable bonds is 6. The number of carbonyl (C=O) groups is 1. The van der Waals surface area contributed by atoms with Crippen LogP contribution in [0.4, 0.5) is 11.4 Å². The normalized spacial score (nSPS) is 11.4. The predicted molar refractivity (Wildman–Crippen MR) is 132 cm³/mol. The van der Waals surface area contributed by atoms with Crippen molar-refractivity contribution in [2.24, 2.45) is 0 Å². The van der Waals surface area contributed by atoms with Crippen molar-refractivity contribution in [2.75, 3.05) is 5.32 Å². The van der Waals surface area contributed by atoms with Crippen LogP contribution in [0, 0.1) is 21.4 Å². The summed E-state index contributed by atoms with van der Waals surface area (Å²) in [5.74, 6) is -0.155. The van der Waals surface area contributed by atoms with Crippen molar-refractivity contribution in [1.29, 1.82) is 5.26 Å². The summed E-state index contributed by atoms with van der Waals surface area (Å²) in [4.78, 5) is 23.6. The van der Waals surface area contributed by atoms with Crippen molar-refractivity contribution in [1.82, 2.24) is 0 Å². The van der Waals surface area contributed by atoms with Gasteiger partial charge in [-0.3, -0.25) is 14.9 Å². The summed E-state index contributed by atoms with van der Waals surface area (Å²) in [7, 11) is 0. The molecule has 172 valence electrons.